The predicted octanol–water partition coefficient (Wildman–Crippen LogP) is 3.50. The van der Waals surface area contributed by atoms with Crippen LogP contribution >= 0.6 is 11.6 Å². The van der Waals surface area contributed by atoms with E-state index in [1.807, 2.05) is 0 Å². The highest BCUT2D eigenvalue weighted by molar-refractivity contribution is 7.88. The summed E-state index contributed by atoms with van der Waals surface area (Å²) in [6.45, 7) is 1.51. The average molecular weight is 435 g/mol. The lowest BCUT2D eigenvalue weighted by molar-refractivity contribution is -0.139. The Labute approximate surface area is 174 Å². The van der Waals surface area contributed by atoms with E-state index in [4.69, 9.17) is 21.1 Å². The van der Waals surface area contributed by atoms with E-state index in [1.54, 1.807) is 55.6 Å². The van der Waals surface area contributed by atoms with Gasteiger partial charge in [-0.3, -0.25) is 4.31 Å². The summed E-state index contributed by atoms with van der Waals surface area (Å²) in [5, 5.41) is 0.581. The second kappa shape index (κ2) is 8.67. The molecule has 29 heavy (non-hydrogen) atoms. The molecule has 0 spiro atoms. The van der Waals surface area contributed by atoms with Gasteiger partial charge in [-0.25, -0.2) is 4.79 Å². The van der Waals surface area contributed by atoms with Gasteiger partial charge in [0.1, 0.15) is 12.4 Å². The Balaban J connectivity index is 1.76. The summed E-state index contributed by atoms with van der Waals surface area (Å²) in [5.41, 5.74) is 1.64. The van der Waals surface area contributed by atoms with E-state index in [2.05, 4.69) is 4.40 Å². The average Bonchev–Trinajstić information content (AvgIpc) is 2.69. The zero-order valence-electron chi connectivity index (χ0n) is 15.8. The Morgan fingerprint density at radius 2 is 1.69 bits per heavy atom. The molecule has 1 aliphatic heterocycles. The topological polar surface area (TPSA) is 85.3 Å². The molecule has 0 amide bonds. The van der Waals surface area contributed by atoms with Crippen molar-refractivity contribution in [1.29, 1.82) is 0 Å². The molecule has 0 atom stereocenters. The number of halogens is 1. The SMILES string of the molecule is COc1ccc(CN2C=C(C(=O)OCc3ccc(Cl)cc3)C(C)=NS2(=O)=O)cc1. The molecule has 9 heteroatoms. The summed E-state index contributed by atoms with van der Waals surface area (Å²) in [7, 11) is -2.39. The molecular formula is C20H19ClN2O5S. The van der Waals surface area contributed by atoms with Crippen LogP contribution in [0.5, 0.6) is 5.75 Å². The van der Waals surface area contributed by atoms with Crippen molar-refractivity contribution in [1.82, 2.24) is 4.31 Å². The summed E-state index contributed by atoms with van der Waals surface area (Å²) in [5.74, 6) is 0.00181. The largest absolute Gasteiger partial charge is 0.497 e. The molecule has 7 nitrogen and oxygen atoms in total. The highest BCUT2D eigenvalue weighted by atomic mass is 35.5. The lowest BCUT2D eigenvalue weighted by Gasteiger charge is -2.23. The van der Waals surface area contributed by atoms with E-state index in [1.165, 1.54) is 13.1 Å². The lowest BCUT2D eigenvalue weighted by atomic mass is 10.2. The number of nitrogens with zero attached hydrogens (tertiary/aromatic N) is 2. The van der Waals surface area contributed by atoms with Crippen LogP contribution in [-0.4, -0.2) is 31.5 Å². The van der Waals surface area contributed by atoms with Crippen molar-refractivity contribution in [3.05, 3.63) is 76.5 Å². The number of rotatable bonds is 6. The van der Waals surface area contributed by atoms with Gasteiger partial charge in [-0.05, 0) is 42.3 Å². The van der Waals surface area contributed by atoms with Crippen molar-refractivity contribution in [3.8, 4) is 5.75 Å². The molecule has 0 N–H and O–H groups in total. The molecule has 152 valence electrons. The smallest absolute Gasteiger partial charge is 0.344 e. The minimum atomic E-state index is -3.93. The van der Waals surface area contributed by atoms with Crippen LogP contribution < -0.4 is 4.74 Å². The van der Waals surface area contributed by atoms with Gasteiger partial charge in [0, 0.05) is 11.2 Å². The Morgan fingerprint density at radius 3 is 2.31 bits per heavy atom. The number of methoxy groups -OCH3 is 1. The number of hydrogen-bond donors (Lipinski definition) is 0. The third kappa shape index (κ3) is 5.16. The van der Waals surface area contributed by atoms with Gasteiger partial charge >= 0.3 is 16.2 Å². The van der Waals surface area contributed by atoms with Gasteiger partial charge in [-0.1, -0.05) is 35.9 Å². The minimum absolute atomic E-state index is 0.0249. The fraction of sp³-hybridized carbons (Fsp3) is 0.200. The maximum Gasteiger partial charge on any atom is 0.344 e. The molecule has 2 aromatic carbocycles. The van der Waals surface area contributed by atoms with E-state index < -0.39 is 16.2 Å². The molecule has 3 rings (SSSR count). The minimum Gasteiger partial charge on any atom is -0.497 e. The normalized spacial score (nSPS) is 15.3. The van der Waals surface area contributed by atoms with E-state index in [-0.39, 0.29) is 24.4 Å². The van der Waals surface area contributed by atoms with Crippen molar-refractivity contribution in [2.45, 2.75) is 20.1 Å². The fourth-order valence-electron chi connectivity index (χ4n) is 2.62. The summed E-state index contributed by atoms with van der Waals surface area (Å²) >= 11 is 5.84. The zero-order chi connectivity index (χ0) is 21.0. The second-order valence-corrected chi connectivity index (χ2v) is 8.28. The molecule has 2 aromatic rings. The zero-order valence-corrected chi connectivity index (χ0v) is 17.4. The van der Waals surface area contributed by atoms with E-state index >= 15 is 0 Å². The quantitative estimate of drug-likeness (QED) is 0.649. The number of benzene rings is 2. The molecular weight excluding hydrogens is 416 g/mol. The third-order valence-corrected chi connectivity index (χ3v) is 5.80. The lowest BCUT2D eigenvalue weighted by Crippen LogP contribution is -2.31. The van der Waals surface area contributed by atoms with Crippen LogP contribution in [0.3, 0.4) is 0 Å². The van der Waals surface area contributed by atoms with Crippen molar-refractivity contribution < 1.29 is 22.7 Å². The molecule has 0 unspecified atom stereocenters. The molecule has 0 radical (unpaired) electrons. The van der Waals surface area contributed by atoms with Crippen LogP contribution in [0.15, 0.2) is 64.7 Å². The van der Waals surface area contributed by atoms with Gasteiger partial charge in [0.25, 0.3) is 0 Å². The molecule has 0 saturated heterocycles. The Morgan fingerprint density at radius 1 is 1.07 bits per heavy atom. The van der Waals surface area contributed by atoms with Crippen LogP contribution in [0.25, 0.3) is 0 Å². The molecule has 0 fully saturated rings. The predicted molar refractivity (Wildman–Crippen MR) is 110 cm³/mol. The molecule has 1 heterocycles. The third-order valence-electron chi connectivity index (χ3n) is 4.21. The second-order valence-electron chi connectivity index (χ2n) is 6.29. The van der Waals surface area contributed by atoms with Crippen molar-refractivity contribution in [3.63, 3.8) is 0 Å². The van der Waals surface area contributed by atoms with Gasteiger partial charge in [0.05, 0.1) is 24.9 Å². The van der Waals surface area contributed by atoms with Crippen LogP contribution in [0, 0.1) is 0 Å². The molecule has 1 aliphatic rings. The summed E-state index contributed by atoms with van der Waals surface area (Å²) in [4.78, 5) is 12.5. The Hall–Kier alpha value is -2.84. The van der Waals surface area contributed by atoms with Crippen molar-refractivity contribution in [2.75, 3.05) is 7.11 Å². The number of carbonyl (C=O) groups excluding carboxylic acids is 1. The van der Waals surface area contributed by atoms with Crippen molar-refractivity contribution >= 4 is 33.5 Å². The highest BCUT2D eigenvalue weighted by Crippen LogP contribution is 2.22. The van der Waals surface area contributed by atoms with Gasteiger partial charge in [-0.15, -0.1) is 4.40 Å². The van der Waals surface area contributed by atoms with Gasteiger partial charge in [-0.2, -0.15) is 8.42 Å². The first-order valence-electron chi connectivity index (χ1n) is 8.63. The summed E-state index contributed by atoms with van der Waals surface area (Å²) < 4.78 is 39.9. The fourth-order valence-corrected chi connectivity index (χ4v) is 3.85. The first-order chi connectivity index (χ1) is 13.8. The van der Waals surface area contributed by atoms with E-state index in [0.29, 0.717) is 16.3 Å². The van der Waals surface area contributed by atoms with Gasteiger partial charge in [0.2, 0.25) is 0 Å². The summed E-state index contributed by atoms with van der Waals surface area (Å²) in [6.07, 6.45) is 1.26. The first kappa shape index (κ1) is 20.9. The number of carbonyl (C=O) groups is 1. The molecule has 0 bridgehead atoms. The Kier molecular flexibility index (Phi) is 6.24. The summed E-state index contributed by atoms with van der Waals surface area (Å²) in [6, 6.07) is 13.8. The van der Waals surface area contributed by atoms with Crippen LogP contribution in [-0.2, 0) is 32.9 Å². The highest BCUT2D eigenvalue weighted by Gasteiger charge is 2.29. The van der Waals surface area contributed by atoms with Crippen molar-refractivity contribution in [2.24, 2.45) is 4.40 Å². The van der Waals surface area contributed by atoms with Gasteiger partial charge in [0.15, 0.2) is 0 Å². The molecule has 0 aliphatic carbocycles. The standard InChI is InChI=1S/C20H19ClN2O5S/c1-14-19(20(24)28-13-16-3-7-17(21)8-4-16)12-23(29(25,26)22-14)11-15-5-9-18(27-2)10-6-15/h3-10,12H,11,13H2,1-2H3. The number of ether oxygens (including phenoxy) is 2. The maximum absolute atomic E-state index is 12.5. The van der Waals surface area contributed by atoms with Gasteiger partial charge < -0.3 is 9.47 Å². The molecule has 0 saturated carbocycles. The van der Waals surface area contributed by atoms with Crippen LogP contribution in [0.2, 0.25) is 5.02 Å². The number of esters is 1. The van der Waals surface area contributed by atoms with E-state index in [0.717, 1.165) is 9.87 Å². The van der Waals surface area contributed by atoms with Crippen LogP contribution in [0.4, 0.5) is 0 Å². The van der Waals surface area contributed by atoms with E-state index in [9.17, 15) is 13.2 Å². The molecule has 0 aromatic heterocycles. The Bertz CT molecular complexity index is 1060. The maximum atomic E-state index is 12.5. The monoisotopic (exact) mass is 434 g/mol. The first-order valence-corrected chi connectivity index (χ1v) is 10.4. The number of hydrogen-bond acceptors (Lipinski definition) is 5. The van der Waals surface area contributed by atoms with Crippen LogP contribution in [0.1, 0.15) is 18.1 Å².